The van der Waals surface area contributed by atoms with Gasteiger partial charge < -0.3 is 9.64 Å². The summed E-state index contributed by atoms with van der Waals surface area (Å²) < 4.78 is 5.48. The second-order valence-corrected chi connectivity index (χ2v) is 7.43. The van der Waals surface area contributed by atoms with Gasteiger partial charge in [0.25, 0.3) is 0 Å². The number of rotatable bonds is 7. The fourth-order valence-corrected chi connectivity index (χ4v) is 3.78. The Bertz CT molecular complexity index is 1020. The number of ether oxygens (including phenoxy) is 1. The monoisotopic (exact) mass is 415 g/mol. The first-order chi connectivity index (χ1) is 15.2. The molecule has 2 heterocycles. The van der Waals surface area contributed by atoms with Crippen molar-refractivity contribution < 1.29 is 14.3 Å². The number of benzene rings is 2. The zero-order valence-corrected chi connectivity index (χ0v) is 17.5. The minimum atomic E-state index is -0.426. The molecular formula is C25H25N3O3. The topological polar surface area (TPSA) is 62.7 Å². The van der Waals surface area contributed by atoms with Crippen LogP contribution in [0.5, 0.6) is 5.75 Å². The smallest absolute Gasteiger partial charge is 0.233 e. The number of aromatic nitrogens is 1. The van der Waals surface area contributed by atoms with Crippen molar-refractivity contribution in [1.29, 1.82) is 0 Å². The summed E-state index contributed by atoms with van der Waals surface area (Å²) in [5, 5.41) is 0. The number of hydrogen-bond acceptors (Lipinski definition) is 4. The van der Waals surface area contributed by atoms with Crippen LogP contribution in [0.25, 0.3) is 0 Å². The van der Waals surface area contributed by atoms with E-state index in [1.807, 2.05) is 79.7 Å². The fourth-order valence-electron chi connectivity index (χ4n) is 3.78. The molecule has 0 aliphatic carbocycles. The minimum absolute atomic E-state index is 0.0526. The van der Waals surface area contributed by atoms with Crippen LogP contribution in [0.1, 0.15) is 18.9 Å². The predicted octanol–water partition coefficient (Wildman–Crippen LogP) is 4.07. The van der Waals surface area contributed by atoms with Gasteiger partial charge in [0.05, 0.1) is 19.1 Å². The van der Waals surface area contributed by atoms with Crippen molar-refractivity contribution in [2.24, 2.45) is 5.92 Å². The molecule has 0 bridgehead atoms. The standard InChI is InChI=1S/C25H25N3O3/c1-2-31-22-13-11-21(12-14-22)27-18-20(16-24(27)29)25(30)28(23-10-6-7-15-26-23)17-19-8-4-3-5-9-19/h3-15,20H,2,16-18H2,1H3. The molecule has 1 atom stereocenters. The van der Waals surface area contributed by atoms with Crippen LogP contribution in [0, 0.1) is 5.92 Å². The van der Waals surface area contributed by atoms with E-state index in [4.69, 9.17) is 4.74 Å². The van der Waals surface area contributed by atoms with E-state index in [0.29, 0.717) is 25.5 Å². The second kappa shape index (κ2) is 9.43. The van der Waals surface area contributed by atoms with Gasteiger partial charge in [-0.15, -0.1) is 0 Å². The third-order valence-electron chi connectivity index (χ3n) is 5.31. The van der Waals surface area contributed by atoms with Gasteiger partial charge in [-0.2, -0.15) is 0 Å². The molecule has 31 heavy (non-hydrogen) atoms. The summed E-state index contributed by atoms with van der Waals surface area (Å²) >= 11 is 0. The third kappa shape index (κ3) is 4.74. The Morgan fingerprint density at radius 1 is 1.06 bits per heavy atom. The average molecular weight is 415 g/mol. The summed E-state index contributed by atoms with van der Waals surface area (Å²) in [6.45, 7) is 3.27. The van der Waals surface area contributed by atoms with Gasteiger partial charge in [0.2, 0.25) is 11.8 Å². The molecule has 0 saturated carbocycles. The van der Waals surface area contributed by atoms with Crippen LogP contribution in [0.15, 0.2) is 79.0 Å². The first kappa shape index (κ1) is 20.6. The van der Waals surface area contributed by atoms with Gasteiger partial charge in [-0.05, 0) is 48.9 Å². The van der Waals surface area contributed by atoms with Crippen molar-refractivity contribution >= 4 is 23.3 Å². The molecule has 1 aromatic heterocycles. The molecule has 0 spiro atoms. The zero-order chi connectivity index (χ0) is 21.6. The Kier molecular flexibility index (Phi) is 6.26. The molecule has 1 saturated heterocycles. The lowest BCUT2D eigenvalue weighted by Crippen LogP contribution is -2.37. The summed E-state index contributed by atoms with van der Waals surface area (Å²) in [5.74, 6) is 0.773. The Balaban J connectivity index is 1.54. The lowest BCUT2D eigenvalue weighted by atomic mass is 10.1. The third-order valence-corrected chi connectivity index (χ3v) is 5.31. The van der Waals surface area contributed by atoms with Crippen molar-refractivity contribution in [1.82, 2.24) is 4.98 Å². The highest BCUT2D eigenvalue weighted by molar-refractivity contribution is 6.04. The molecule has 0 radical (unpaired) electrons. The summed E-state index contributed by atoms with van der Waals surface area (Å²) in [5.41, 5.74) is 1.78. The number of carbonyl (C=O) groups excluding carboxylic acids is 2. The van der Waals surface area contributed by atoms with E-state index in [-0.39, 0.29) is 18.2 Å². The Labute approximate surface area is 182 Å². The Morgan fingerprint density at radius 3 is 2.48 bits per heavy atom. The van der Waals surface area contributed by atoms with Crippen LogP contribution in [0.3, 0.4) is 0 Å². The summed E-state index contributed by atoms with van der Waals surface area (Å²) in [7, 11) is 0. The van der Waals surface area contributed by atoms with Gasteiger partial charge in [0.1, 0.15) is 11.6 Å². The van der Waals surface area contributed by atoms with E-state index in [0.717, 1.165) is 17.0 Å². The highest BCUT2D eigenvalue weighted by atomic mass is 16.5. The number of hydrogen-bond donors (Lipinski definition) is 0. The second-order valence-electron chi connectivity index (χ2n) is 7.43. The largest absolute Gasteiger partial charge is 0.494 e. The van der Waals surface area contributed by atoms with E-state index in [1.54, 1.807) is 16.0 Å². The van der Waals surface area contributed by atoms with Gasteiger partial charge in [-0.3, -0.25) is 14.5 Å². The quantitative estimate of drug-likeness (QED) is 0.584. The van der Waals surface area contributed by atoms with Crippen molar-refractivity contribution in [3.63, 3.8) is 0 Å². The molecule has 1 fully saturated rings. The Hall–Kier alpha value is -3.67. The molecule has 4 rings (SSSR count). The minimum Gasteiger partial charge on any atom is -0.494 e. The zero-order valence-electron chi connectivity index (χ0n) is 17.5. The van der Waals surface area contributed by atoms with E-state index < -0.39 is 5.92 Å². The number of amides is 2. The highest BCUT2D eigenvalue weighted by Crippen LogP contribution is 2.29. The SMILES string of the molecule is CCOc1ccc(N2CC(C(=O)N(Cc3ccccc3)c3ccccn3)CC2=O)cc1. The maximum atomic E-state index is 13.5. The van der Waals surface area contributed by atoms with Crippen LogP contribution < -0.4 is 14.5 Å². The molecule has 1 aliphatic heterocycles. The average Bonchev–Trinajstić information content (AvgIpc) is 3.20. The van der Waals surface area contributed by atoms with Crippen molar-refractivity contribution in [2.45, 2.75) is 19.9 Å². The van der Waals surface area contributed by atoms with Gasteiger partial charge >= 0.3 is 0 Å². The summed E-state index contributed by atoms with van der Waals surface area (Å²) in [6, 6.07) is 22.7. The van der Waals surface area contributed by atoms with Crippen LogP contribution in [0.2, 0.25) is 0 Å². The van der Waals surface area contributed by atoms with Gasteiger partial charge in [0, 0.05) is 24.8 Å². The van der Waals surface area contributed by atoms with Gasteiger partial charge in [-0.1, -0.05) is 36.4 Å². The number of anilines is 2. The lowest BCUT2D eigenvalue weighted by Gasteiger charge is -2.25. The first-order valence-corrected chi connectivity index (χ1v) is 10.4. The normalized spacial score (nSPS) is 15.7. The fraction of sp³-hybridized carbons (Fsp3) is 0.240. The van der Waals surface area contributed by atoms with Gasteiger partial charge in [0.15, 0.2) is 0 Å². The molecule has 2 amide bonds. The summed E-state index contributed by atoms with van der Waals surface area (Å²) in [6.07, 6.45) is 1.86. The highest BCUT2D eigenvalue weighted by Gasteiger charge is 2.38. The molecule has 0 N–H and O–H groups in total. The number of nitrogens with zero attached hydrogens (tertiary/aromatic N) is 3. The van der Waals surface area contributed by atoms with Crippen LogP contribution in [-0.4, -0.2) is 29.9 Å². The van der Waals surface area contributed by atoms with Crippen LogP contribution >= 0.6 is 0 Å². The lowest BCUT2D eigenvalue weighted by molar-refractivity contribution is -0.124. The van der Waals surface area contributed by atoms with Crippen molar-refractivity contribution in [3.05, 3.63) is 84.6 Å². The number of carbonyl (C=O) groups is 2. The molecule has 1 aliphatic rings. The molecule has 6 heteroatoms. The molecule has 3 aromatic rings. The maximum Gasteiger partial charge on any atom is 0.233 e. The van der Waals surface area contributed by atoms with Crippen molar-refractivity contribution in [2.75, 3.05) is 23.0 Å². The number of pyridine rings is 1. The van der Waals surface area contributed by atoms with E-state index in [9.17, 15) is 9.59 Å². The van der Waals surface area contributed by atoms with E-state index in [1.165, 1.54) is 0 Å². The summed E-state index contributed by atoms with van der Waals surface area (Å²) in [4.78, 5) is 34.0. The maximum absolute atomic E-state index is 13.5. The van der Waals surface area contributed by atoms with Gasteiger partial charge in [-0.25, -0.2) is 4.98 Å². The molecule has 6 nitrogen and oxygen atoms in total. The molecule has 1 unspecified atom stereocenters. The molecule has 2 aromatic carbocycles. The first-order valence-electron chi connectivity index (χ1n) is 10.4. The van der Waals surface area contributed by atoms with Crippen molar-refractivity contribution in [3.8, 4) is 5.75 Å². The molecule has 158 valence electrons. The Morgan fingerprint density at radius 2 is 1.81 bits per heavy atom. The van der Waals surface area contributed by atoms with Crippen LogP contribution in [-0.2, 0) is 16.1 Å². The molecular weight excluding hydrogens is 390 g/mol. The predicted molar refractivity (Wildman–Crippen MR) is 120 cm³/mol. The van der Waals surface area contributed by atoms with E-state index >= 15 is 0 Å². The van der Waals surface area contributed by atoms with Crippen LogP contribution in [0.4, 0.5) is 11.5 Å². The van der Waals surface area contributed by atoms with E-state index in [2.05, 4.69) is 4.98 Å².